The van der Waals surface area contributed by atoms with Crippen LogP contribution in [-0.4, -0.2) is 15.0 Å². The number of hydrogen-bond donors (Lipinski definition) is 0. The quantitative estimate of drug-likeness (QED) is 0.465. The highest BCUT2D eigenvalue weighted by Crippen LogP contribution is 2.34. The third-order valence-corrected chi connectivity index (χ3v) is 4.14. The van der Waals surface area contributed by atoms with E-state index in [-0.39, 0.29) is 22.8 Å². The third kappa shape index (κ3) is 3.47. The Morgan fingerprint density at radius 3 is 2.37 bits per heavy atom. The number of nitro benzene ring substituents is 1. The molecule has 0 N–H and O–H groups in total. The van der Waals surface area contributed by atoms with Crippen LogP contribution in [0, 0.1) is 41.0 Å². The lowest BCUT2D eigenvalue weighted by atomic mass is 10.0. The monoisotopic (exact) mass is 369 g/mol. The smallest absolute Gasteiger partial charge is 0.338 e. The van der Waals surface area contributed by atoms with Crippen molar-refractivity contribution in [1.82, 2.24) is 5.16 Å². The van der Waals surface area contributed by atoms with Gasteiger partial charge in [-0.05, 0) is 62.2 Å². The summed E-state index contributed by atoms with van der Waals surface area (Å²) in [5.41, 5.74) is 1.98. The van der Waals surface area contributed by atoms with Gasteiger partial charge in [-0.1, -0.05) is 5.16 Å². The first-order chi connectivity index (χ1) is 12.8. The van der Waals surface area contributed by atoms with Gasteiger partial charge >= 0.3 is 5.69 Å². The molecule has 2 heterocycles. The third-order valence-electron chi connectivity index (χ3n) is 4.14. The summed E-state index contributed by atoms with van der Waals surface area (Å²) < 4.78 is 10.6. The Kier molecular flexibility index (Phi) is 4.59. The maximum Gasteiger partial charge on any atom is 0.338 e. The molecule has 2 aromatic heterocycles. The van der Waals surface area contributed by atoms with Crippen LogP contribution in [0.1, 0.15) is 28.3 Å². The summed E-state index contributed by atoms with van der Waals surface area (Å²) in [5.74, 6) is 0.682. The molecule has 0 bridgehead atoms. The van der Waals surface area contributed by atoms with E-state index in [4.69, 9.17) is 8.94 Å². The fourth-order valence-electron chi connectivity index (χ4n) is 2.61. The molecule has 0 aliphatic heterocycles. The number of rotatable bonds is 5. The van der Waals surface area contributed by atoms with Crippen LogP contribution in [-0.2, 0) is 0 Å². The number of furan rings is 1. The average molecular weight is 369 g/mol. The van der Waals surface area contributed by atoms with Crippen LogP contribution in [0.5, 0.6) is 0 Å². The summed E-state index contributed by atoms with van der Waals surface area (Å²) >= 11 is 0. The predicted octanol–water partition coefficient (Wildman–Crippen LogP) is 4.85. The van der Waals surface area contributed by atoms with Crippen LogP contribution in [0.2, 0.25) is 0 Å². The molecule has 3 aromatic rings. The minimum atomic E-state index is -0.572. The second kappa shape index (κ2) is 6.87. The van der Waals surface area contributed by atoms with Crippen molar-refractivity contribution in [2.45, 2.75) is 20.8 Å². The van der Waals surface area contributed by atoms with Crippen LogP contribution >= 0.6 is 0 Å². The molecule has 9 nitrogen and oxygen atoms in total. The molecule has 0 spiro atoms. The fraction of sp³-hybridized carbons (Fsp3) is 0.167. The lowest BCUT2D eigenvalue weighted by Gasteiger charge is -2.04. The topological polar surface area (TPSA) is 125 Å². The summed E-state index contributed by atoms with van der Waals surface area (Å²) in [4.78, 5) is 21.4. The summed E-state index contributed by atoms with van der Waals surface area (Å²) in [7, 11) is 0. The van der Waals surface area contributed by atoms with Crippen LogP contribution in [0.3, 0.4) is 0 Å². The van der Waals surface area contributed by atoms with Crippen LogP contribution in [0.25, 0.3) is 23.5 Å². The summed E-state index contributed by atoms with van der Waals surface area (Å²) in [6, 6.07) is 6.42. The lowest BCUT2D eigenvalue weighted by Crippen LogP contribution is -1.94. The molecular formula is C18H15N3O6. The van der Waals surface area contributed by atoms with Gasteiger partial charge in [-0.2, -0.15) is 0 Å². The van der Waals surface area contributed by atoms with Crippen molar-refractivity contribution in [2.75, 3.05) is 0 Å². The van der Waals surface area contributed by atoms with Crippen LogP contribution in [0.4, 0.5) is 11.4 Å². The van der Waals surface area contributed by atoms with E-state index in [1.807, 2.05) is 6.92 Å². The molecule has 0 radical (unpaired) electrons. The Bertz CT molecular complexity index is 1080. The summed E-state index contributed by atoms with van der Waals surface area (Å²) in [6.07, 6.45) is 2.85. The van der Waals surface area contributed by atoms with Gasteiger partial charge in [0.25, 0.3) is 5.69 Å². The van der Waals surface area contributed by atoms with E-state index in [1.165, 1.54) is 25.1 Å². The SMILES string of the molecule is Cc1cc(-c2ccc(/C=C/c3onc(C)c3[N+](=O)[O-])o2)c([N+](=O)[O-])cc1C. The first-order valence-electron chi connectivity index (χ1n) is 7.92. The Hall–Kier alpha value is -3.75. The normalized spacial score (nSPS) is 11.2. The van der Waals surface area contributed by atoms with Gasteiger partial charge in [0.1, 0.15) is 11.5 Å². The fourth-order valence-corrected chi connectivity index (χ4v) is 2.61. The average Bonchev–Trinajstić information content (AvgIpc) is 3.21. The molecule has 0 atom stereocenters. The molecule has 0 aliphatic carbocycles. The van der Waals surface area contributed by atoms with Gasteiger partial charge in [-0.25, -0.2) is 0 Å². The minimum absolute atomic E-state index is 0.00684. The highest BCUT2D eigenvalue weighted by molar-refractivity contribution is 5.74. The zero-order valence-electron chi connectivity index (χ0n) is 14.8. The van der Waals surface area contributed by atoms with Crippen molar-refractivity contribution in [3.05, 3.63) is 72.8 Å². The standard InChI is InChI=1S/C18H15N3O6/c1-10-8-14(15(20(22)23)9-11(10)2)16-6-4-13(26-16)5-7-17-18(21(24)25)12(3)19-27-17/h4-9H,1-3H3/b7-5+. The maximum absolute atomic E-state index is 11.3. The number of hydrogen-bond acceptors (Lipinski definition) is 7. The number of aromatic nitrogens is 1. The largest absolute Gasteiger partial charge is 0.456 e. The van der Waals surface area contributed by atoms with Gasteiger partial charge in [0.15, 0.2) is 5.69 Å². The first-order valence-corrected chi connectivity index (χ1v) is 7.92. The van der Waals surface area contributed by atoms with Gasteiger partial charge in [-0.15, -0.1) is 0 Å². The second-order valence-electron chi connectivity index (χ2n) is 5.98. The molecule has 0 saturated carbocycles. The van der Waals surface area contributed by atoms with E-state index in [9.17, 15) is 20.2 Å². The van der Waals surface area contributed by atoms with E-state index in [0.717, 1.165) is 11.1 Å². The van der Waals surface area contributed by atoms with E-state index in [2.05, 4.69) is 5.16 Å². The van der Waals surface area contributed by atoms with Gasteiger partial charge in [0, 0.05) is 6.07 Å². The van der Waals surface area contributed by atoms with Gasteiger partial charge in [-0.3, -0.25) is 20.2 Å². The molecule has 0 unspecified atom stereocenters. The Morgan fingerprint density at radius 1 is 1.00 bits per heavy atom. The molecule has 3 rings (SSSR count). The molecule has 0 saturated heterocycles. The second-order valence-corrected chi connectivity index (χ2v) is 5.98. The van der Waals surface area contributed by atoms with Gasteiger partial charge < -0.3 is 8.94 Å². The molecule has 27 heavy (non-hydrogen) atoms. The van der Waals surface area contributed by atoms with Crippen molar-refractivity contribution in [2.24, 2.45) is 0 Å². The summed E-state index contributed by atoms with van der Waals surface area (Å²) in [5, 5.41) is 26.0. The van der Waals surface area contributed by atoms with Gasteiger partial charge in [0.05, 0.1) is 15.4 Å². The Labute approximate surface area is 153 Å². The molecule has 0 aliphatic rings. The predicted molar refractivity (Wildman–Crippen MR) is 97.1 cm³/mol. The van der Waals surface area contributed by atoms with E-state index >= 15 is 0 Å². The van der Waals surface area contributed by atoms with Crippen molar-refractivity contribution < 1.29 is 18.8 Å². The molecule has 1 aromatic carbocycles. The highest BCUT2D eigenvalue weighted by atomic mass is 16.6. The first kappa shape index (κ1) is 18.1. The van der Waals surface area contributed by atoms with E-state index in [1.54, 1.807) is 25.1 Å². The number of nitrogens with zero attached hydrogens (tertiary/aromatic N) is 3. The number of benzene rings is 1. The zero-order chi connectivity index (χ0) is 19.7. The molecule has 138 valence electrons. The van der Waals surface area contributed by atoms with E-state index < -0.39 is 9.85 Å². The van der Waals surface area contributed by atoms with Crippen LogP contribution < -0.4 is 0 Å². The summed E-state index contributed by atoms with van der Waals surface area (Å²) in [6.45, 7) is 5.13. The van der Waals surface area contributed by atoms with E-state index in [0.29, 0.717) is 17.1 Å². The Morgan fingerprint density at radius 2 is 1.70 bits per heavy atom. The van der Waals surface area contributed by atoms with Crippen molar-refractivity contribution in [3.8, 4) is 11.3 Å². The van der Waals surface area contributed by atoms with Crippen molar-refractivity contribution >= 4 is 23.5 Å². The highest BCUT2D eigenvalue weighted by Gasteiger charge is 2.22. The van der Waals surface area contributed by atoms with Gasteiger partial charge in [0.2, 0.25) is 5.76 Å². The van der Waals surface area contributed by atoms with Crippen molar-refractivity contribution in [1.29, 1.82) is 0 Å². The zero-order valence-corrected chi connectivity index (χ0v) is 14.8. The number of aryl methyl sites for hydroxylation is 3. The number of nitro groups is 2. The maximum atomic E-state index is 11.3. The Balaban J connectivity index is 1.96. The van der Waals surface area contributed by atoms with Crippen LogP contribution in [0.15, 0.2) is 33.2 Å². The molecular weight excluding hydrogens is 354 g/mol. The molecule has 0 amide bonds. The lowest BCUT2D eigenvalue weighted by molar-refractivity contribution is -0.386. The molecule has 0 fully saturated rings. The van der Waals surface area contributed by atoms with Crippen molar-refractivity contribution in [3.63, 3.8) is 0 Å². The molecule has 9 heteroatoms. The minimum Gasteiger partial charge on any atom is -0.456 e.